The molecule has 0 saturated carbocycles. The van der Waals surface area contributed by atoms with Crippen LogP contribution in [0.25, 0.3) is 0 Å². The molecule has 0 aliphatic carbocycles. The van der Waals surface area contributed by atoms with Crippen LogP contribution in [0.3, 0.4) is 0 Å². The first-order valence-electron chi connectivity index (χ1n) is 5.27. The smallest absolute Gasteiger partial charge is 0.147 e. The third kappa shape index (κ3) is 2.79. The minimum Gasteiger partial charge on any atom is -0.367 e. The predicted molar refractivity (Wildman–Crippen MR) is 65.3 cm³/mol. The highest BCUT2D eigenvalue weighted by molar-refractivity contribution is 5.50. The molecule has 4 nitrogen and oxygen atoms in total. The third-order valence-corrected chi connectivity index (χ3v) is 2.41. The van der Waals surface area contributed by atoms with Gasteiger partial charge >= 0.3 is 0 Å². The maximum atomic E-state index is 8.84. The van der Waals surface area contributed by atoms with Crippen LogP contribution in [-0.4, -0.2) is 17.0 Å². The van der Waals surface area contributed by atoms with Crippen molar-refractivity contribution in [1.29, 1.82) is 5.26 Å². The summed E-state index contributed by atoms with van der Waals surface area (Å²) in [5.74, 6) is 0.761. The summed E-state index contributed by atoms with van der Waals surface area (Å²) in [6.45, 7) is 0.621. The predicted octanol–water partition coefficient (Wildman–Crippen LogP) is 1.98. The lowest BCUT2D eigenvalue weighted by molar-refractivity contribution is 0.837. The van der Waals surface area contributed by atoms with Crippen molar-refractivity contribution in [2.24, 2.45) is 0 Å². The first-order valence-corrected chi connectivity index (χ1v) is 5.27. The molecule has 0 aliphatic heterocycles. The molecule has 17 heavy (non-hydrogen) atoms. The van der Waals surface area contributed by atoms with E-state index < -0.39 is 0 Å². The summed E-state index contributed by atoms with van der Waals surface area (Å²) in [5, 5.41) is 8.84. The highest BCUT2D eigenvalue weighted by Gasteiger charge is 2.04. The van der Waals surface area contributed by atoms with Gasteiger partial charge in [0, 0.05) is 25.1 Å². The van der Waals surface area contributed by atoms with Gasteiger partial charge in [0.25, 0.3) is 0 Å². The number of rotatable bonds is 3. The van der Waals surface area contributed by atoms with Crippen LogP contribution in [0.2, 0.25) is 0 Å². The maximum Gasteiger partial charge on any atom is 0.147 e. The summed E-state index contributed by atoms with van der Waals surface area (Å²) in [6, 6.07) is 11.4. The Morgan fingerprint density at radius 2 is 2.00 bits per heavy atom. The lowest BCUT2D eigenvalue weighted by Gasteiger charge is -2.18. The third-order valence-electron chi connectivity index (χ3n) is 2.41. The van der Waals surface area contributed by atoms with Crippen molar-refractivity contribution in [3.63, 3.8) is 0 Å². The number of nitriles is 1. The highest BCUT2D eigenvalue weighted by atomic mass is 15.1. The molecule has 1 aromatic heterocycles. The second-order valence-electron chi connectivity index (χ2n) is 3.68. The Morgan fingerprint density at radius 3 is 2.71 bits per heavy atom. The van der Waals surface area contributed by atoms with E-state index in [-0.39, 0.29) is 0 Å². The second-order valence-corrected chi connectivity index (χ2v) is 3.68. The molecule has 0 atom stereocenters. The van der Waals surface area contributed by atoms with Crippen LogP contribution in [-0.2, 0) is 6.54 Å². The molecule has 0 bridgehead atoms. The number of benzene rings is 1. The molecule has 1 heterocycles. The van der Waals surface area contributed by atoms with E-state index in [1.165, 1.54) is 0 Å². The highest BCUT2D eigenvalue weighted by Crippen LogP contribution is 2.15. The Kier molecular flexibility index (Phi) is 3.31. The zero-order valence-electron chi connectivity index (χ0n) is 9.54. The van der Waals surface area contributed by atoms with Crippen LogP contribution in [0.15, 0.2) is 42.7 Å². The van der Waals surface area contributed by atoms with Gasteiger partial charge < -0.3 is 4.90 Å². The minimum absolute atomic E-state index is 0.621. The quantitative estimate of drug-likeness (QED) is 0.800. The molecule has 2 rings (SSSR count). The largest absolute Gasteiger partial charge is 0.367 e. The molecule has 0 aliphatic rings. The van der Waals surface area contributed by atoms with Gasteiger partial charge in [-0.1, -0.05) is 6.07 Å². The molecule has 1 aromatic carbocycles. The van der Waals surface area contributed by atoms with Crippen molar-refractivity contribution in [3.8, 4) is 6.07 Å². The van der Waals surface area contributed by atoms with E-state index in [4.69, 9.17) is 5.26 Å². The fourth-order valence-corrected chi connectivity index (χ4v) is 1.53. The van der Waals surface area contributed by atoms with E-state index in [1.807, 2.05) is 30.1 Å². The van der Waals surface area contributed by atoms with E-state index in [2.05, 4.69) is 16.0 Å². The fourth-order valence-electron chi connectivity index (χ4n) is 1.53. The summed E-state index contributed by atoms with van der Waals surface area (Å²) >= 11 is 0. The Morgan fingerprint density at radius 1 is 1.24 bits per heavy atom. The summed E-state index contributed by atoms with van der Waals surface area (Å²) in [7, 11) is 1.95. The molecule has 0 unspecified atom stereocenters. The summed E-state index contributed by atoms with van der Waals surface area (Å²) in [4.78, 5) is 10.3. The maximum absolute atomic E-state index is 8.84. The van der Waals surface area contributed by atoms with E-state index in [0.29, 0.717) is 12.1 Å². The topological polar surface area (TPSA) is 52.8 Å². The second kappa shape index (κ2) is 5.08. The molecule has 0 N–H and O–H groups in total. The van der Waals surface area contributed by atoms with Gasteiger partial charge in [0.05, 0.1) is 18.2 Å². The van der Waals surface area contributed by atoms with Crippen LogP contribution in [0.5, 0.6) is 0 Å². The van der Waals surface area contributed by atoms with Crippen molar-refractivity contribution < 1.29 is 0 Å². The van der Waals surface area contributed by atoms with E-state index in [0.717, 1.165) is 11.5 Å². The zero-order chi connectivity index (χ0) is 12.1. The van der Waals surface area contributed by atoms with Gasteiger partial charge in [-0.15, -0.1) is 0 Å². The van der Waals surface area contributed by atoms with Crippen LogP contribution >= 0.6 is 0 Å². The van der Waals surface area contributed by atoms with Crippen molar-refractivity contribution in [1.82, 2.24) is 9.97 Å². The number of hydrogen-bond acceptors (Lipinski definition) is 4. The number of anilines is 1. The van der Waals surface area contributed by atoms with Crippen LogP contribution in [0, 0.1) is 11.3 Å². The number of hydrogen-bond donors (Lipinski definition) is 0. The molecule has 0 spiro atoms. The van der Waals surface area contributed by atoms with Crippen LogP contribution in [0.4, 0.5) is 5.69 Å². The Hall–Kier alpha value is -2.41. The van der Waals surface area contributed by atoms with E-state index in [9.17, 15) is 0 Å². The Balaban J connectivity index is 2.15. The first kappa shape index (κ1) is 11.1. The monoisotopic (exact) mass is 224 g/mol. The van der Waals surface area contributed by atoms with Gasteiger partial charge in [-0.05, 0) is 24.3 Å². The van der Waals surface area contributed by atoms with Gasteiger partial charge in [0.1, 0.15) is 5.82 Å². The summed E-state index contributed by atoms with van der Waals surface area (Å²) < 4.78 is 0. The van der Waals surface area contributed by atoms with E-state index in [1.54, 1.807) is 24.5 Å². The van der Waals surface area contributed by atoms with Crippen LogP contribution < -0.4 is 4.90 Å². The van der Waals surface area contributed by atoms with Crippen molar-refractivity contribution in [2.45, 2.75) is 6.54 Å². The average molecular weight is 224 g/mol. The van der Waals surface area contributed by atoms with E-state index >= 15 is 0 Å². The van der Waals surface area contributed by atoms with Gasteiger partial charge in [-0.25, -0.2) is 9.97 Å². The summed E-state index contributed by atoms with van der Waals surface area (Å²) in [5.41, 5.74) is 1.64. The zero-order valence-corrected chi connectivity index (χ0v) is 9.54. The van der Waals surface area contributed by atoms with Crippen molar-refractivity contribution in [3.05, 3.63) is 54.1 Å². The Bertz CT molecular complexity index is 531. The fraction of sp³-hybridized carbons (Fsp3) is 0.154. The molecule has 4 heteroatoms. The molecule has 0 amide bonds. The van der Waals surface area contributed by atoms with Crippen molar-refractivity contribution >= 4 is 5.69 Å². The molecular weight excluding hydrogens is 212 g/mol. The lowest BCUT2D eigenvalue weighted by atomic mass is 10.2. The molecular formula is C13H12N4. The minimum atomic E-state index is 0.621. The molecule has 84 valence electrons. The molecule has 0 saturated heterocycles. The molecule has 0 radical (unpaired) electrons. The number of nitrogens with zero attached hydrogens (tertiary/aromatic N) is 4. The lowest BCUT2D eigenvalue weighted by Crippen LogP contribution is -2.18. The number of aromatic nitrogens is 2. The van der Waals surface area contributed by atoms with Crippen molar-refractivity contribution in [2.75, 3.05) is 11.9 Å². The SMILES string of the molecule is CN(Cc1ncccn1)c1cccc(C#N)c1. The van der Waals surface area contributed by atoms with Gasteiger partial charge in [-0.3, -0.25) is 0 Å². The van der Waals surface area contributed by atoms with Crippen LogP contribution in [0.1, 0.15) is 11.4 Å². The average Bonchev–Trinajstić information content (AvgIpc) is 2.40. The van der Waals surface area contributed by atoms with Gasteiger partial charge in [0.2, 0.25) is 0 Å². The standard InChI is InChI=1S/C13H12N4/c1-17(10-13-15-6-3-7-16-13)12-5-2-4-11(8-12)9-14/h2-8H,10H2,1H3. The van der Waals surface area contributed by atoms with Gasteiger partial charge in [0.15, 0.2) is 0 Å². The molecule has 2 aromatic rings. The summed E-state index contributed by atoms with van der Waals surface area (Å²) in [6.07, 6.45) is 3.45. The normalized spacial score (nSPS) is 9.65. The Labute approximate surface area is 100 Å². The first-order chi connectivity index (χ1) is 8.29. The van der Waals surface area contributed by atoms with Gasteiger partial charge in [-0.2, -0.15) is 5.26 Å². The molecule has 0 fully saturated rings.